The molecule has 0 atom stereocenters. The molecule has 4 aromatic rings. The molecule has 7 heteroatoms. The number of hydrogen-bond acceptors (Lipinski definition) is 5. The zero-order valence-electron chi connectivity index (χ0n) is 13.7. The molecule has 1 N–H and O–H groups in total. The van der Waals surface area contributed by atoms with Crippen LogP contribution in [-0.4, -0.2) is 24.7 Å². The minimum atomic E-state index is 0.654. The van der Waals surface area contributed by atoms with Gasteiger partial charge in [-0.15, -0.1) is 0 Å². The molecule has 0 unspecified atom stereocenters. The number of rotatable bonds is 3. The van der Waals surface area contributed by atoms with Gasteiger partial charge < -0.3 is 5.32 Å². The molecular weight excluding hydrogens is 336 g/mol. The number of halogens is 1. The molecule has 0 amide bonds. The van der Waals surface area contributed by atoms with Crippen molar-refractivity contribution < 1.29 is 0 Å². The maximum absolute atomic E-state index is 6.37. The van der Waals surface area contributed by atoms with E-state index in [0.717, 1.165) is 27.8 Å². The second-order valence-electron chi connectivity index (χ2n) is 5.74. The molecule has 0 aliphatic rings. The van der Waals surface area contributed by atoms with Crippen molar-refractivity contribution in [3.05, 3.63) is 65.3 Å². The van der Waals surface area contributed by atoms with Crippen LogP contribution in [0.5, 0.6) is 0 Å². The molecule has 0 saturated carbocycles. The number of aromatic nitrogens is 5. The van der Waals surface area contributed by atoms with E-state index in [1.807, 2.05) is 50.4 Å². The summed E-state index contributed by atoms with van der Waals surface area (Å²) in [4.78, 5) is 12.8. The average Bonchev–Trinajstić information content (AvgIpc) is 2.99. The third-order valence-corrected chi connectivity index (χ3v) is 4.21. The summed E-state index contributed by atoms with van der Waals surface area (Å²) in [5.74, 6) is 1.38. The van der Waals surface area contributed by atoms with Crippen molar-refractivity contribution in [3.63, 3.8) is 0 Å². The van der Waals surface area contributed by atoms with Gasteiger partial charge in [0, 0.05) is 24.2 Å². The summed E-state index contributed by atoms with van der Waals surface area (Å²) in [6, 6.07) is 9.53. The van der Waals surface area contributed by atoms with Gasteiger partial charge in [-0.2, -0.15) is 5.10 Å². The van der Waals surface area contributed by atoms with Gasteiger partial charge in [-0.3, -0.25) is 0 Å². The Labute approximate surface area is 149 Å². The number of fused-ring (bicyclic) bond motifs is 1. The molecule has 6 nitrogen and oxygen atoms in total. The van der Waals surface area contributed by atoms with Gasteiger partial charge in [-0.25, -0.2) is 19.6 Å². The Bertz CT molecular complexity index is 1050. The van der Waals surface area contributed by atoms with Crippen molar-refractivity contribution in [1.82, 2.24) is 24.7 Å². The lowest BCUT2D eigenvalue weighted by Gasteiger charge is -2.07. The number of benzene rings is 1. The predicted octanol–water partition coefficient (Wildman–Crippen LogP) is 4.22. The molecule has 0 radical (unpaired) electrons. The van der Waals surface area contributed by atoms with Gasteiger partial charge >= 0.3 is 0 Å². The third-order valence-electron chi connectivity index (χ3n) is 3.90. The number of pyridine rings is 1. The molecule has 0 aliphatic heterocycles. The lowest BCUT2D eigenvalue weighted by molar-refractivity contribution is 0.888. The molecule has 1 aromatic carbocycles. The molecule has 0 bridgehead atoms. The van der Waals surface area contributed by atoms with Crippen molar-refractivity contribution >= 4 is 34.1 Å². The normalized spacial score (nSPS) is 11.0. The van der Waals surface area contributed by atoms with Crippen LogP contribution in [0.15, 0.2) is 49.1 Å². The Hall–Kier alpha value is -2.99. The van der Waals surface area contributed by atoms with Crippen LogP contribution in [0.2, 0.25) is 5.02 Å². The molecule has 0 aliphatic carbocycles. The first-order valence-corrected chi connectivity index (χ1v) is 8.15. The predicted molar refractivity (Wildman–Crippen MR) is 98.7 cm³/mol. The number of aryl methyl sites for hydroxylation is 2. The van der Waals surface area contributed by atoms with Crippen molar-refractivity contribution in [3.8, 4) is 5.69 Å². The third kappa shape index (κ3) is 2.92. The maximum atomic E-state index is 6.37. The van der Waals surface area contributed by atoms with E-state index in [9.17, 15) is 0 Å². The molecular formula is C18H15ClN6. The zero-order chi connectivity index (χ0) is 17.4. The van der Waals surface area contributed by atoms with Gasteiger partial charge in [-0.1, -0.05) is 23.7 Å². The van der Waals surface area contributed by atoms with Crippen LogP contribution in [0.3, 0.4) is 0 Å². The van der Waals surface area contributed by atoms with E-state index in [2.05, 4.69) is 25.4 Å². The summed E-state index contributed by atoms with van der Waals surface area (Å²) in [5, 5.41) is 9.42. The molecule has 3 heterocycles. The number of hydrogen-bond donors (Lipinski definition) is 1. The van der Waals surface area contributed by atoms with Crippen LogP contribution in [0, 0.1) is 13.8 Å². The Morgan fingerprint density at radius 2 is 1.96 bits per heavy atom. The molecule has 0 fully saturated rings. The van der Waals surface area contributed by atoms with Crippen LogP contribution in [0.1, 0.15) is 11.3 Å². The minimum absolute atomic E-state index is 0.654. The summed E-state index contributed by atoms with van der Waals surface area (Å²) in [6.45, 7) is 3.92. The average molecular weight is 351 g/mol. The standard InChI is InChI=1S/C18H15ClN6/c1-11-4-3-5-14(19)17(11)25-9-13-15(24-25)6-7-20-18(13)23-16-8-12(2)21-10-22-16/h3-10H,1-2H3,(H,20,21,22,23). The monoisotopic (exact) mass is 350 g/mol. The van der Waals surface area contributed by atoms with Gasteiger partial charge in [0.25, 0.3) is 0 Å². The van der Waals surface area contributed by atoms with Crippen molar-refractivity contribution in [2.75, 3.05) is 5.32 Å². The molecule has 124 valence electrons. The smallest absolute Gasteiger partial charge is 0.142 e. The van der Waals surface area contributed by atoms with E-state index >= 15 is 0 Å². The van der Waals surface area contributed by atoms with E-state index in [-0.39, 0.29) is 0 Å². The number of para-hydroxylation sites is 1. The fourth-order valence-corrected chi connectivity index (χ4v) is 3.02. The first-order valence-electron chi connectivity index (χ1n) is 7.77. The highest BCUT2D eigenvalue weighted by Gasteiger charge is 2.12. The second kappa shape index (κ2) is 6.14. The van der Waals surface area contributed by atoms with Crippen molar-refractivity contribution in [2.45, 2.75) is 13.8 Å². The molecule has 0 saturated heterocycles. The summed E-state index contributed by atoms with van der Waals surface area (Å²) in [7, 11) is 0. The van der Waals surface area contributed by atoms with Crippen molar-refractivity contribution in [1.29, 1.82) is 0 Å². The van der Waals surface area contributed by atoms with Crippen molar-refractivity contribution in [2.24, 2.45) is 0 Å². The van der Waals surface area contributed by atoms with E-state index in [1.54, 1.807) is 10.9 Å². The van der Waals surface area contributed by atoms with Crippen LogP contribution in [0.4, 0.5) is 11.6 Å². The minimum Gasteiger partial charge on any atom is -0.324 e. The number of nitrogens with zero attached hydrogens (tertiary/aromatic N) is 5. The van der Waals surface area contributed by atoms with Gasteiger partial charge in [0.2, 0.25) is 0 Å². The molecule has 4 rings (SSSR count). The topological polar surface area (TPSA) is 68.5 Å². The van der Waals surface area contributed by atoms with E-state index in [1.165, 1.54) is 6.33 Å². The Balaban J connectivity index is 1.82. The van der Waals surface area contributed by atoms with Gasteiger partial charge in [0.1, 0.15) is 18.0 Å². The number of anilines is 2. The second-order valence-corrected chi connectivity index (χ2v) is 6.15. The zero-order valence-corrected chi connectivity index (χ0v) is 14.5. The summed E-state index contributed by atoms with van der Waals surface area (Å²) in [5.41, 5.74) is 3.62. The Morgan fingerprint density at radius 1 is 1.08 bits per heavy atom. The molecule has 0 spiro atoms. The summed E-state index contributed by atoms with van der Waals surface area (Å²) < 4.78 is 1.79. The first-order chi connectivity index (χ1) is 12.1. The fraction of sp³-hybridized carbons (Fsp3) is 0.111. The van der Waals surface area contributed by atoms with Crippen LogP contribution < -0.4 is 5.32 Å². The van der Waals surface area contributed by atoms with E-state index in [4.69, 9.17) is 11.6 Å². The van der Waals surface area contributed by atoms with Gasteiger partial charge in [0.05, 0.1) is 21.6 Å². The Kier molecular flexibility index (Phi) is 3.82. The van der Waals surface area contributed by atoms with Crippen LogP contribution >= 0.6 is 11.6 Å². The summed E-state index contributed by atoms with van der Waals surface area (Å²) >= 11 is 6.37. The first kappa shape index (κ1) is 15.5. The fourth-order valence-electron chi connectivity index (χ4n) is 2.72. The summed E-state index contributed by atoms with van der Waals surface area (Å²) in [6.07, 6.45) is 5.16. The highest BCUT2D eigenvalue weighted by molar-refractivity contribution is 6.32. The molecule has 25 heavy (non-hydrogen) atoms. The highest BCUT2D eigenvalue weighted by atomic mass is 35.5. The van der Waals surface area contributed by atoms with Gasteiger partial charge in [-0.05, 0) is 31.5 Å². The van der Waals surface area contributed by atoms with Crippen LogP contribution in [0.25, 0.3) is 16.6 Å². The number of nitrogens with one attached hydrogen (secondary N) is 1. The SMILES string of the molecule is Cc1cc(Nc2nccc3nn(-c4c(C)cccc4Cl)cc23)ncn1. The Morgan fingerprint density at radius 3 is 2.76 bits per heavy atom. The van der Waals surface area contributed by atoms with Gasteiger partial charge in [0.15, 0.2) is 0 Å². The quantitative estimate of drug-likeness (QED) is 0.599. The largest absolute Gasteiger partial charge is 0.324 e. The highest BCUT2D eigenvalue weighted by Crippen LogP contribution is 2.28. The maximum Gasteiger partial charge on any atom is 0.142 e. The van der Waals surface area contributed by atoms with E-state index in [0.29, 0.717) is 16.7 Å². The lowest BCUT2D eigenvalue weighted by atomic mass is 10.2. The lowest BCUT2D eigenvalue weighted by Crippen LogP contribution is -1.98. The molecule has 3 aromatic heterocycles. The van der Waals surface area contributed by atoms with E-state index < -0.39 is 0 Å². The van der Waals surface area contributed by atoms with Crippen LogP contribution in [-0.2, 0) is 0 Å².